The van der Waals surface area contributed by atoms with Crippen LogP contribution in [0.4, 0.5) is 17.1 Å². The molecule has 0 aliphatic carbocycles. The molecule has 1 amide bonds. The number of hydrogen-bond donors (Lipinski definition) is 1. The molecule has 28 heavy (non-hydrogen) atoms. The Morgan fingerprint density at radius 1 is 0.964 bits per heavy atom. The van der Waals surface area contributed by atoms with Crippen LogP contribution in [0.2, 0.25) is 0 Å². The third-order valence-corrected chi connectivity index (χ3v) is 4.89. The average molecular weight is 394 g/mol. The Kier molecular flexibility index (Phi) is 6.45. The average Bonchev–Trinajstić information content (AvgIpc) is 3.23. The SMILES string of the molecule is CC(C)N(c1ccccc1)c1ccc(NC(=O)COC(=O)c2cccs2)cc1. The minimum atomic E-state index is -0.490. The molecule has 0 saturated heterocycles. The van der Waals surface area contributed by atoms with Crippen LogP contribution in [0.3, 0.4) is 0 Å². The molecule has 144 valence electrons. The molecule has 1 N–H and O–H groups in total. The van der Waals surface area contributed by atoms with E-state index in [0.29, 0.717) is 10.6 Å². The molecule has 1 heterocycles. The molecule has 3 rings (SSSR count). The number of nitrogens with one attached hydrogen (secondary N) is 1. The molecule has 0 atom stereocenters. The number of thiophene rings is 1. The summed E-state index contributed by atoms with van der Waals surface area (Å²) in [6.45, 7) is 3.94. The Bertz CT molecular complexity index is 907. The minimum absolute atomic E-state index is 0.277. The lowest BCUT2D eigenvalue weighted by molar-refractivity contribution is -0.119. The van der Waals surface area contributed by atoms with Crippen molar-refractivity contribution in [2.75, 3.05) is 16.8 Å². The van der Waals surface area contributed by atoms with E-state index in [1.807, 2.05) is 42.5 Å². The molecule has 0 radical (unpaired) electrons. The molecule has 2 aromatic carbocycles. The van der Waals surface area contributed by atoms with Crippen molar-refractivity contribution in [2.45, 2.75) is 19.9 Å². The molecule has 0 saturated carbocycles. The number of carbonyl (C=O) groups excluding carboxylic acids is 2. The van der Waals surface area contributed by atoms with Crippen molar-refractivity contribution in [1.82, 2.24) is 0 Å². The van der Waals surface area contributed by atoms with Crippen LogP contribution in [0, 0.1) is 0 Å². The predicted molar refractivity (Wildman–Crippen MR) is 113 cm³/mol. The van der Waals surface area contributed by atoms with Gasteiger partial charge in [-0.2, -0.15) is 0 Å². The number of rotatable bonds is 7. The zero-order valence-electron chi connectivity index (χ0n) is 15.8. The molecule has 0 aliphatic heterocycles. The second-order valence-electron chi connectivity index (χ2n) is 6.45. The molecule has 0 aliphatic rings. The van der Waals surface area contributed by atoms with Crippen molar-refractivity contribution in [2.24, 2.45) is 0 Å². The molecule has 5 nitrogen and oxygen atoms in total. The van der Waals surface area contributed by atoms with Gasteiger partial charge in [0.05, 0.1) is 0 Å². The van der Waals surface area contributed by atoms with Crippen LogP contribution < -0.4 is 10.2 Å². The van der Waals surface area contributed by atoms with E-state index in [9.17, 15) is 9.59 Å². The second kappa shape index (κ2) is 9.19. The Morgan fingerprint density at radius 2 is 1.64 bits per heavy atom. The van der Waals surface area contributed by atoms with Gasteiger partial charge < -0.3 is 15.0 Å². The van der Waals surface area contributed by atoms with Crippen LogP contribution in [0.5, 0.6) is 0 Å². The van der Waals surface area contributed by atoms with Gasteiger partial charge in [-0.1, -0.05) is 24.3 Å². The summed E-state index contributed by atoms with van der Waals surface area (Å²) in [5.41, 5.74) is 2.79. The monoisotopic (exact) mass is 394 g/mol. The van der Waals surface area contributed by atoms with Crippen molar-refractivity contribution in [3.63, 3.8) is 0 Å². The first-order valence-corrected chi connectivity index (χ1v) is 9.87. The molecular weight excluding hydrogens is 372 g/mol. The van der Waals surface area contributed by atoms with Crippen LogP contribution in [0.1, 0.15) is 23.5 Å². The van der Waals surface area contributed by atoms with Crippen LogP contribution in [-0.4, -0.2) is 24.5 Å². The number of hydrogen-bond acceptors (Lipinski definition) is 5. The summed E-state index contributed by atoms with van der Waals surface area (Å²) in [5.74, 6) is -0.864. The van der Waals surface area contributed by atoms with Gasteiger partial charge in [0.1, 0.15) is 4.88 Å². The van der Waals surface area contributed by atoms with Gasteiger partial charge in [0.25, 0.3) is 5.91 Å². The maximum Gasteiger partial charge on any atom is 0.348 e. The first kappa shape index (κ1) is 19.6. The number of benzene rings is 2. The zero-order chi connectivity index (χ0) is 19.9. The molecule has 3 aromatic rings. The van der Waals surface area contributed by atoms with Gasteiger partial charge in [0.15, 0.2) is 6.61 Å². The third-order valence-electron chi connectivity index (χ3n) is 4.04. The van der Waals surface area contributed by atoms with Crippen molar-refractivity contribution in [1.29, 1.82) is 0 Å². The van der Waals surface area contributed by atoms with Crippen molar-refractivity contribution < 1.29 is 14.3 Å². The molecular formula is C22H22N2O3S. The Morgan fingerprint density at radius 3 is 2.25 bits per heavy atom. The topological polar surface area (TPSA) is 58.6 Å². The Hall–Kier alpha value is -3.12. The Balaban J connectivity index is 1.60. The first-order chi connectivity index (χ1) is 13.5. The normalized spacial score (nSPS) is 10.5. The van der Waals surface area contributed by atoms with Gasteiger partial charge >= 0.3 is 5.97 Å². The van der Waals surface area contributed by atoms with Crippen LogP contribution in [0.15, 0.2) is 72.1 Å². The van der Waals surface area contributed by atoms with Gasteiger partial charge in [-0.25, -0.2) is 4.79 Å². The van der Waals surface area contributed by atoms with Gasteiger partial charge in [-0.15, -0.1) is 11.3 Å². The highest BCUT2D eigenvalue weighted by Crippen LogP contribution is 2.28. The number of amides is 1. The number of ether oxygens (including phenoxy) is 1. The smallest absolute Gasteiger partial charge is 0.348 e. The summed E-state index contributed by atoms with van der Waals surface area (Å²) in [4.78, 5) is 26.5. The van der Waals surface area contributed by atoms with E-state index in [1.165, 1.54) is 11.3 Å². The molecule has 0 fully saturated rings. The van der Waals surface area contributed by atoms with E-state index in [2.05, 4.69) is 36.2 Å². The van der Waals surface area contributed by atoms with E-state index in [-0.39, 0.29) is 18.6 Å². The van der Waals surface area contributed by atoms with Gasteiger partial charge in [-0.3, -0.25) is 4.79 Å². The molecule has 1 aromatic heterocycles. The van der Waals surface area contributed by atoms with E-state index in [0.717, 1.165) is 11.4 Å². The lowest BCUT2D eigenvalue weighted by Crippen LogP contribution is -2.25. The number of nitrogens with zero attached hydrogens (tertiary/aromatic N) is 1. The fourth-order valence-electron chi connectivity index (χ4n) is 2.83. The molecule has 0 unspecified atom stereocenters. The highest BCUT2D eigenvalue weighted by molar-refractivity contribution is 7.11. The lowest BCUT2D eigenvalue weighted by atomic mass is 10.2. The lowest BCUT2D eigenvalue weighted by Gasteiger charge is -2.29. The molecule has 0 bridgehead atoms. The number of anilines is 3. The van der Waals surface area contributed by atoms with Crippen LogP contribution in [0.25, 0.3) is 0 Å². The van der Waals surface area contributed by atoms with Gasteiger partial charge in [0, 0.05) is 23.1 Å². The summed E-state index contributed by atoms with van der Waals surface area (Å²) in [6.07, 6.45) is 0. The summed E-state index contributed by atoms with van der Waals surface area (Å²) < 4.78 is 5.02. The van der Waals surface area contributed by atoms with Gasteiger partial charge in [0.2, 0.25) is 0 Å². The second-order valence-corrected chi connectivity index (χ2v) is 7.40. The highest BCUT2D eigenvalue weighted by atomic mass is 32.1. The summed E-state index contributed by atoms with van der Waals surface area (Å²) in [6, 6.07) is 21.4. The fourth-order valence-corrected chi connectivity index (χ4v) is 3.45. The fraction of sp³-hybridized carbons (Fsp3) is 0.182. The zero-order valence-corrected chi connectivity index (χ0v) is 16.6. The first-order valence-electron chi connectivity index (χ1n) is 8.99. The Labute approximate surface area is 168 Å². The predicted octanol–water partition coefficient (Wildman–Crippen LogP) is 5.09. The number of carbonyl (C=O) groups is 2. The largest absolute Gasteiger partial charge is 0.451 e. The third kappa shape index (κ3) is 4.98. The number of esters is 1. The van der Waals surface area contributed by atoms with E-state index >= 15 is 0 Å². The summed E-state index contributed by atoms with van der Waals surface area (Å²) >= 11 is 1.28. The highest BCUT2D eigenvalue weighted by Gasteiger charge is 2.14. The number of para-hydroxylation sites is 1. The van der Waals surface area contributed by atoms with Gasteiger partial charge in [-0.05, 0) is 61.7 Å². The van der Waals surface area contributed by atoms with E-state index in [1.54, 1.807) is 17.5 Å². The van der Waals surface area contributed by atoms with Crippen LogP contribution >= 0.6 is 11.3 Å². The van der Waals surface area contributed by atoms with Crippen LogP contribution in [-0.2, 0) is 9.53 Å². The van der Waals surface area contributed by atoms with Crippen molar-refractivity contribution >= 4 is 40.3 Å². The summed E-state index contributed by atoms with van der Waals surface area (Å²) in [5, 5.41) is 4.53. The van der Waals surface area contributed by atoms with Crippen molar-refractivity contribution in [3.8, 4) is 0 Å². The molecule has 6 heteroatoms. The maximum atomic E-state index is 12.0. The van der Waals surface area contributed by atoms with E-state index < -0.39 is 5.97 Å². The summed E-state index contributed by atoms with van der Waals surface area (Å²) in [7, 11) is 0. The quantitative estimate of drug-likeness (QED) is 0.567. The minimum Gasteiger partial charge on any atom is -0.451 e. The molecule has 0 spiro atoms. The van der Waals surface area contributed by atoms with E-state index in [4.69, 9.17) is 4.74 Å². The van der Waals surface area contributed by atoms with Crippen molar-refractivity contribution in [3.05, 3.63) is 77.0 Å². The maximum absolute atomic E-state index is 12.0. The standard InChI is InChI=1S/C22H22N2O3S/c1-16(2)24(18-7-4-3-5-8-18)19-12-10-17(11-13-19)23-21(25)15-27-22(26)20-9-6-14-28-20/h3-14,16H,15H2,1-2H3,(H,23,25).